The van der Waals surface area contributed by atoms with Gasteiger partial charge in [-0.3, -0.25) is 0 Å². The lowest BCUT2D eigenvalue weighted by Gasteiger charge is -2.08. The maximum Gasteiger partial charge on any atom is 0.0779 e. The summed E-state index contributed by atoms with van der Waals surface area (Å²) < 4.78 is 0. The van der Waals surface area contributed by atoms with Gasteiger partial charge in [0.1, 0.15) is 0 Å². The Morgan fingerprint density at radius 1 is 1.30 bits per heavy atom. The van der Waals surface area contributed by atoms with Gasteiger partial charge in [-0.2, -0.15) is 0 Å². The van der Waals surface area contributed by atoms with Gasteiger partial charge in [0.2, 0.25) is 0 Å². The Hall–Kier alpha value is -0.600. The van der Waals surface area contributed by atoms with Gasteiger partial charge in [-0.25, -0.2) is 0 Å². The summed E-state index contributed by atoms with van der Waals surface area (Å²) >= 11 is 0. The van der Waals surface area contributed by atoms with E-state index in [-0.39, 0.29) is 6.61 Å². The Bertz CT molecular complexity index is 137. The Labute approximate surface area is 60.5 Å². The minimum absolute atomic E-state index is 0.141. The monoisotopic (exact) mass is 140 g/mol. The number of hydrogen-bond acceptors (Lipinski definition) is 2. The first-order valence-corrected chi connectivity index (χ1v) is 3.47. The van der Waals surface area contributed by atoms with Gasteiger partial charge in [0.05, 0.1) is 12.7 Å². The number of aliphatic hydroxyl groups is 2. The summed E-state index contributed by atoms with van der Waals surface area (Å²) in [5.41, 5.74) is 0. The van der Waals surface area contributed by atoms with Crippen LogP contribution in [0.5, 0.6) is 0 Å². The molecular weight excluding hydrogens is 128 g/mol. The van der Waals surface area contributed by atoms with Crippen LogP contribution in [-0.2, 0) is 0 Å². The zero-order chi connectivity index (χ0) is 7.40. The van der Waals surface area contributed by atoms with Crippen LogP contribution in [0.15, 0.2) is 24.3 Å². The van der Waals surface area contributed by atoms with Gasteiger partial charge >= 0.3 is 0 Å². The third kappa shape index (κ3) is 1.97. The molecule has 0 bridgehead atoms. The van der Waals surface area contributed by atoms with E-state index in [1.54, 1.807) is 0 Å². The largest absolute Gasteiger partial charge is 0.394 e. The smallest absolute Gasteiger partial charge is 0.0779 e. The van der Waals surface area contributed by atoms with Gasteiger partial charge in [0, 0.05) is 0 Å². The van der Waals surface area contributed by atoms with E-state index in [0.29, 0.717) is 12.3 Å². The summed E-state index contributed by atoms with van der Waals surface area (Å²) in [6.45, 7) is -0.141. The minimum atomic E-state index is -0.572. The number of allylic oxidation sites excluding steroid dienone is 4. The Morgan fingerprint density at radius 2 is 1.90 bits per heavy atom. The molecule has 2 nitrogen and oxygen atoms in total. The Kier molecular flexibility index (Phi) is 2.66. The molecule has 0 amide bonds. The zero-order valence-electron chi connectivity index (χ0n) is 5.77. The molecule has 0 aromatic rings. The van der Waals surface area contributed by atoms with Gasteiger partial charge in [0.15, 0.2) is 0 Å². The van der Waals surface area contributed by atoms with Crippen molar-refractivity contribution in [2.24, 2.45) is 5.92 Å². The molecule has 1 unspecified atom stereocenters. The highest BCUT2D eigenvalue weighted by Gasteiger charge is 2.09. The molecule has 0 spiro atoms. The summed E-state index contributed by atoms with van der Waals surface area (Å²) in [5.74, 6) is 0.321. The van der Waals surface area contributed by atoms with Gasteiger partial charge < -0.3 is 10.2 Å². The molecule has 1 aliphatic carbocycles. The van der Waals surface area contributed by atoms with Crippen LogP contribution in [0.2, 0.25) is 0 Å². The van der Waals surface area contributed by atoms with Crippen molar-refractivity contribution >= 4 is 0 Å². The second kappa shape index (κ2) is 3.54. The van der Waals surface area contributed by atoms with Crippen molar-refractivity contribution < 1.29 is 10.2 Å². The molecule has 1 rings (SSSR count). The predicted molar refractivity (Wildman–Crippen MR) is 39.5 cm³/mol. The molecule has 0 aromatic carbocycles. The van der Waals surface area contributed by atoms with E-state index in [0.717, 1.165) is 0 Å². The lowest BCUT2D eigenvalue weighted by molar-refractivity contribution is 0.0834. The maximum absolute atomic E-state index is 9.00. The van der Waals surface area contributed by atoms with Crippen molar-refractivity contribution in [3.05, 3.63) is 24.3 Å². The molecule has 0 saturated heterocycles. The van der Waals surface area contributed by atoms with E-state index < -0.39 is 6.10 Å². The maximum atomic E-state index is 9.00. The third-order valence-corrected chi connectivity index (χ3v) is 1.58. The average molecular weight is 140 g/mol. The van der Waals surface area contributed by atoms with Crippen LogP contribution in [0, 0.1) is 5.92 Å². The standard InChI is InChI=1S/C8H12O2/c9-6-8(10)5-7-3-1-2-4-7/h1-4,7-10H,5-6H2. The lowest BCUT2D eigenvalue weighted by Crippen LogP contribution is -2.14. The fraction of sp³-hybridized carbons (Fsp3) is 0.500. The molecule has 10 heavy (non-hydrogen) atoms. The highest BCUT2D eigenvalue weighted by molar-refractivity contribution is 5.17. The van der Waals surface area contributed by atoms with E-state index in [2.05, 4.69) is 0 Å². The molecule has 56 valence electrons. The normalized spacial score (nSPS) is 20.2. The van der Waals surface area contributed by atoms with Crippen LogP contribution >= 0.6 is 0 Å². The van der Waals surface area contributed by atoms with Gasteiger partial charge in [-0.1, -0.05) is 24.3 Å². The first-order valence-electron chi connectivity index (χ1n) is 3.47. The average Bonchev–Trinajstić information content (AvgIpc) is 2.40. The first-order chi connectivity index (χ1) is 4.83. The number of aliphatic hydroxyl groups excluding tert-OH is 2. The van der Waals surface area contributed by atoms with Crippen LogP contribution in [-0.4, -0.2) is 22.9 Å². The van der Waals surface area contributed by atoms with Crippen LogP contribution in [0.3, 0.4) is 0 Å². The highest BCUT2D eigenvalue weighted by Crippen LogP contribution is 2.14. The number of hydrogen-bond donors (Lipinski definition) is 2. The second-order valence-electron chi connectivity index (χ2n) is 2.51. The van der Waals surface area contributed by atoms with E-state index in [1.807, 2.05) is 24.3 Å². The van der Waals surface area contributed by atoms with Crippen molar-refractivity contribution in [1.29, 1.82) is 0 Å². The highest BCUT2D eigenvalue weighted by atomic mass is 16.3. The second-order valence-corrected chi connectivity index (χ2v) is 2.51. The summed E-state index contributed by atoms with van der Waals surface area (Å²) in [6.07, 6.45) is 7.99. The van der Waals surface area contributed by atoms with Crippen molar-refractivity contribution in [2.45, 2.75) is 12.5 Å². The van der Waals surface area contributed by atoms with Crippen molar-refractivity contribution in [3.8, 4) is 0 Å². The Balaban J connectivity index is 2.25. The van der Waals surface area contributed by atoms with Gasteiger partial charge in [-0.15, -0.1) is 0 Å². The zero-order valence-corrected chi connectivity index (χ0v) is 5.77. The molecule has 0 aliphatic heterocycles. The summed E-state index contributed by atoms with van der Waals surface area (Å²) in [4.78, 5) is 0. The molecule has 0 radical (unpaired) electrons. The van der Waals surface area contributed by atoms with E-state index in [4.69, 9.17) is 10.2 Å². The first kappa shape index (κ1) is 7.51. The summed E-state index contributed by atoms with van der Waals surface area (Å²) in [6, 6.07) is 0. The minimum Gasteiger partial charge on any atom is -0.394 e. The Morgan fingerprint density at radius 3 is 2.40 bits per heavy atom. The van der Waals surface area contributed by atoms with Crippen LogP contribution in [0.1, 0.15) is 6.42 Å². The molecule has 1 atom stereocenters. The van der Waals surface area contributed by atoms with Crippen LogP contribution < -0.4 is 0 Å². The molecular formula is C8H12O2. The van der Waals surface area contributed by atoms with Crippen molar-refractivity contribution in [1.82, 2.24) is 0 Å². The summed E-state index contributed by atoms with van der Waals surface area (Å²) in [5, 5.41) is 17.5. The molecule has 0 saturated carbocycles. The summed E-state index contributed by atoms with van der Waals surface area (Å²) in [7, 11) is 0. The third-order valence-electron chi connectivity index (χ3n) is 1.58. The molecule has 2 heteroatoms. The van der Waals surface area contributed by atoms with Crippen molar-refractivity contribution in [2.75, 3.05) is 6.61 Å². The van der Waals surface area contributed by atoms with Gasteiger partial charge in [-0.05, 0) is 12.3 Å². The SMILES string of the molecule is OCC(O)CC1C=CC=C1. The molecule has 0 heterocycles. The topological polar surface area (TPSA) is 40.5 Å². The number of rotatable bonds is 3. The van der Waals surface area contributed by atoms with E-state index in [1.165, 1.54) is 0 Å². The molecule has 2 N–H and O–H groups in total. The van der Waals surface area contributed by atoms with Gasteiger partial charge in [0.25, 0.3) is 0 Å². The molecule has 1 aliphatic rings. The van der Waals surface area contributed by atoms with E-state index in [9.17, 15) is 0 Å². The lowest BCUT2D eigenvalue weighted by atomic mass is 10.0. The quantitative estimate of drug-likeness (QED) is 0.598. The van der Waals surface area contributed by atoms with Crippen LogP contribution in [0.25, 0.3) is 0 Å². The van der Waals surface area contributed by atoms with Crippen LogP contribution in [0.4, 0.5) is 0 Å². The fourth-order valence-electron chi connectivity index (χ4n) is 1.02. The molecule has 0 aromatic heterocycles. The predicted octanol–water partition coefficient (Wildman–Crippen LogP) is 0.472. The molecule has 0 fully saturated rings. The fourth-order valence-corrected chi connectivity index (χ4v) is 1.02. The van der Waals surface area contributed by atoms with E-state index >= 15 is 0 Å². The van der Waals surface area contributed by atoms with Crippen molar-refractivity contribution in [3.63, 3.8) is 0 Å².